The van der Waals surface area contributed by atoms with Crippen molar-refractivity contribution in [2.24, 2.45) is 15.9 Å². The zero-order chi connectivity index (χ0) is 23.0. The third-order valence-corrected chi connectivity index (χ3v) is 7.71. The first-order valence-electron chi connectivity index (χ1n) is 12.6. The largest absolute Gasteiger partial charge is 0.378 e. The van der Waals surface area contributed by atoms with Gasteiger partial charge in [0.25, 0.3) is 11.9 Å². The number of rotatable bonds is 5. The van der Waals surface area contributed by atoms with E-state index in [4.69, 9.17) is 14.7 Å². The van der Waals surface area contributed by atoms with Gasteiger partial charge in [0, 0.05) is 31.1 Å². The number of aliphatic imine (C=N–C) groups is 2. The van der Waals surface area contributed by atoms with E-state index in [9.17, 15) is 4.79 Å². The first-order valence-corrected chi connectivity index (χ1v) is 12.6. The highest BCUT2D eigenvalue weighted by atomic mass is 16.5. The summed E-state index contributed by atoms with van der Waals surface area (Å²) < 4.78 is 6.05. The Hall–Kier alpha value is -2.75. The Labute approximate surface area is 200 Å². The van der Waals surface area contributed by atoms with Crippen LogP contribution >= 0.6 is 0 Å². The molecule has 0 aromatic heterocycles. The second kappa shape index (κ2) is 9.13. The van der Waals surface area contributed by atoms with E-state index in [2.05, 4.69) is 44.8 Å². The number of hydrogen-bond acceptors (Lipinski definition) is 7. The summed E-state index contributed by atoms with van der Waals surface area (Å²) in [5.74, 6) is 1.74. The van der Waals surface area contributed by atoms with E-state index in [1.54, 1.807) is 0 Å². The van der Waals surface area contributed by atoms with Gasteiger partial charge in [0.05, 0.1) is 19.8 Å². The monoisotopic (exact) mass is 464 g/mol. The molecule has 1 amide bonds. The van der Waals surface area contributed by atoms with Gasteiger partial charge in [-0.25, -0.2) is 0 Å². The van der Waals surface area contributed by atoms with Crippen LogP contribution in [0.15, 0.2) is 51.6 Å². The van der Waals surface area contributed by atoms with Crippen molar-refractivity contribution >= 4 is 17.8 Å². The number of fused-ring (bicyclic) bond motifs is 1. The van der Waals surface area contributed by atoms with Crippen molar-refractivity contribution in [1.82, 2.24) is 20.5 Å². The van der Waals surface area contributed by atoms with Crippen LogP contribution in [0.4, 0.5) is 0 Å². The third-order valence-electron chi connectivity index (χ3n) is 7.71. The molecular formula is C25H34N7O2+. The molecule has 0 aliphatic carbocycles. The standard InChI is InChI=1S/C25H33N7O2/c33-23-22-21(20(17-26-23)16-19-6-2-1-3-7-19)18-32(13-10-30-8-4-5-9-30)25(27-22)28-24(29-32)31-11-14-34-15-12-31/h1-3,6-7,20H,4-5,8-18H2,(H-,26,27,28,29,33)/p+1. The highest BCUT2D eigenvalue weighted by molar-refractivity contribution is 6.02. The summed E-state index contributed by atoms with van der Waals surface area (Å²) in [7, 11) is 0. The van der Waals surface area contributed by atoms with Crippen molar-refractivity contribution in [3.63, 3.8) is 0 Å². The summed E-state index contributed by atoms with van der Waals surface area (Å²) in [4.78, 5) is 27.6. The molecule has 5 aliphatic heterocycles. The number of nitrogens with one attached hydrogen (secondary N) is 2. The molecule has 2 saturated heterocycles. The fraction of sp³-hybridized carbons (Fsp3) is 0.560. The summed E-state index contributed by atoms with van der Waals surface area (Å²) in [5, 5.41) is 3.08. The quantitative estimate of drug-likeness (QED) is 0.628. The molecule has 2 N–H and O–H groups in total. The van der Waals surface area contributed by atoms with Crippen LogP contribution in [-0.4, -0.2) is 97.8 Å². The lowest BCUT2D eigenvalue weighted by molar-refractivity contribution is -0.870. The zero-order valence-electron chi connectivity index (χ0n) is 19.7. The lowest BCUT2D eigenvalue weighted by atomic mass is 9.86. The molecule has 1 aromatic carbocycles. The van der Waals surface area contributed by atoms with Crippen LogP contribution in [0.5, 0.6) is 0 Å². The molecule has 2 fully saturated rings. The first-order chi connectivity index (χ1) is 16.7. The molecule has 6 rings (SSSR count). The maximum absolute atomic E-state index is 12.9. The van der Waals surface area contributed by atoms with Gasteiger partial charge < -0.3 is 15.0 Å². The number of guanidine groups is 2. The maximum atomic E-state index is 12.9. The van der Waals surface area contributed by atoms with Gasteiger partial charge >= 0.3 is 5.96 Å². The van der Waals surface area contributed by atoms with Crippen LogP contribution in [0.2, 0.25) is 0 Å². The van der Waals surface area contributed by atoms with Crippen molar-refractivity contribution in [3.05, 3.63) is 47.2 Å². The topological polar surface area (TPSA) is 81.6 Å². The number of nitrogens with zero attached hydrogens (tertiary/aromatic N) is 5. The van der Waals surface area contributed by atoms with Crippen LogP contribution in [0.3, 0.4) is 0 Å². The second-order valence-corrected chi connectivity index (χ2v) is 9.93. The van der Waals surface area contributed by atoms with E-state index in [-0.39, 0.29) is 11.8 Å². The zero-order valence-corrected chi connectivity index (χ0v) is 19.7. The van der Waals surface area contributed by atoms with Crippen LogP contribution in [-0.2, 0) is 16.0 Å². The van der Waals surface area contributed by atoms with Gasteiger partial charge in [0.2, 0.25) is 0 Å². The van der Waals surface area contributed by atoms with E-state index in [1.165, 1.54) is 18.4 Å². The maximum Gasteiger partial charge on any atom is 0.358 e. The highest BCUT2D eigenvalue weighted by Crippen LogP contribution is 2.33. The normalized spacial score (nSPS) is 29.2. The minimum atomic E-state index is -0.0702. The smallest absolute Gasteiger partial charge is 0.358 e. The Balaban J connectivity index is 1.32. The number of morpholine rings is 1. The number of carbonyl (C=O) groups is 1. The molecule has 2 unspecified atom stereocenters. The van der Waals surface area contributed by atoms with Gasteiger partial charge in [-0.2, -0.15) is 15.0 Å². The Bertz CT molecular complexity index is 1020. The molecule has 9 nitrogen and oxygen atoms in total. The van der Waals surface area contributed by atoms with E-state index in [1.807, 2.05) is 6.07 Å². The molecule has 2 atom stereocenters. The number of quaternary nitrogens is 1. The number of carbonyl (C=O) groups excluding carboxylic acids is 1. The number of ether oxygens (including phenoxy) is 1. The average molecular weight is 465 g/mol. The molecule has 180 valence electrons. The van der Waals surface area contributed by atoms with Crippen molar-refractivity contribution in [3.8, 4) is 0 Å². The lowest BCUT2D eigenvalue weighted by Crippen LogP contribution is -2.66. The molecular weight excluding hydrogens is 430 g/mol. The van der Waals surface area contributed by atoms with Crippen molar-refractivity contribution in [2.45, 2.75) is 19.3 Å². The molecule has 0 radical (unpaired) electrons. The molecule has 0 bridgehead atoms. The van der Waals surface area contributed by atoms with Crippen LogP contribution in [0, 0.1) is 5.92 Å². The summed E-state index contributed by atoms with van der Waals surface area (Å²) >= 11 is 0. The fourth-order valence-electron chi connectivity index (χ4n) is 5.73. The number of hydrogen-bond donors (Lipinski definition) is 2. The molecule has 34 heavy (non-hydrogen) atoms. The van der Waals surface area contributed by atoms with Crippen molar-refractivity contribution in [2.75, 3.05) is 65.6 Å². The van der Waals surface area contributed by atoms with Gasteiger partial charge in [-0.1, -0.05) is 30.3 Å². The van der Waals surface area contributed by atoms with E-state index >= 15 is 0 Å². The SMILES string of the molecule is O=C1NCC(Cc2ccccc2)C2=C1N=C1N=C(N3CCOCC3)N[N+]1(CCN1CCCC1)C2. The third kappa shape index (κ3) is 4.12. The number of amides is 1. The minimum Gasteiger partial charge on any atom is -0.378 e. The molecule has 5 aliphatic rings. The average Bonchev–Trinajstić information content (AvgIpc) is 3.53. The molecule has 9 heteroatoms. The van der Waals surface area contributed by atoms with Crippen molar-refractivity contribution in [1.29, 1.82) is 0 Å². The van der Waals surface area contributed by atoms with E-state index < -0.39 is 0 Å². The molecule has 1 aromatic rings. The Morgan fingerprint density at radius 3 is 2.65 bits per heavy atom. The van der Waals surface area contributed by atoms with Crippen molar-refractivity contribution < 1.29 is 14.1 Å². The Morgan fingerprint density at radius 1 is 1.06 bits per heavy atom. The minimum absolute atomic E-state index is 0.0702. The molecule has 5 heterocycles. The lowest BCUT2D eigenvalue weighted by Gasteiger charge is -2.40. The predicted octanol–water partition coefficient (Wildman–Crippen LogP) is 0.718. The summed E-state index contributed by atoms with van der Waals surface area (Å²) in [5.41, 5.74) is 6.78. The second-order valence-electron chi connectivity index (χ2n) is 9.93. The van der Waals surface area contributed by atoms with Crippen LogP contribution in [0.1, 0.15) is 18.4 Å². The highest BCUT2D eigenvalue weighted by Gasteiger charge is 2.50. The van der Waals surface area contributed by atoms with E-state index in [0.29, 0.717) is 30.0 Å². The summed E-state index contributed by atoms with van der Waals surface area (Å²) in [6.45, 7) is 8.63. The van der Waals surface area contributed by atoms with E-state index in [0.717, 1.165) is 69.7 Å². The Morgan fingerprint density at radius 2 is 1.85 bits per heavy atom. The van der Waals surface area contributed by atoms with Gasteiger partial charge in [0.15, 0.2) is 0 Å². The molecule has 0 saturated carbocycles. The number of likely N-dealkylation sites (tertiary alicyclic amines) is 1. The summed E-state index contributed by atoms with van der Waals surface area (Å²) in [6.07, 6.45) is 3.45. The molecule has 0 spiro atoms. The van der Waals surface area contributed by atoms with Gasteiger partial charge in [-0.15, -0.1) is 4.99 Å². The predicted molar refractivity (Wildman–Crippen MR) is 130 cm³/mol. The fourth-order valence-corrected chi connectivity index (χ4v) is 5.73. The van der Waals surface area contributed by atoms with Gasteiger partial charge in [-0.05, 0) is 37.9 Å². The van der Waals surface area contributed by atoms with Gasteiger partial charge in [-0.3, -0.25) is 9.69 Å². The van der Waals surface area contributed by atoms with Gasteiger partial charge in [0.1, 0.15) is 18.8 Å². The van der Waals surface area contributed by atoms with Crippen LogP contribution < -0.4 is 10.7 Å². The Kier molecular flexibility index (Phi) is 5.84. The number of benzene rings is 1. The first kappa shape index (κ1) is 21.8. The van der Waals surface area contributed by atoms with Crippen LogP contribution in [0.25, 0.3) is 0 Å². The summed E-state index contributed by atoms with van der Waals surface area (Å²) in [6, 6.07) is 10.5.